The van der Waals surface area contributed by atoms with Crippen LogP contribution in [0.2, 0.25) is 0 Å². The van der Waals surface area contributed by atoms with E-state index in [1.165, 1.54) is 0 Å². The van der Waals surface area contributed by atoms with Crippen molar-refractivity contribution in [3.63, 3.8) is 0 Å². The first-order chi connectivity index (χ1) is 11.7. The highest BCUT2D eigenvalue weighted by Crippen LogP contribution is 2.25. The number of benzene rings is 1. The van der Waals surface area contributed by atoms with Crippen LogP contribution in [0.5, 0.6) is 0 Å². The normalized spacial score (nSPS) is 16.4. The fourth-order valence-corrected chi connectivity index (χ4v) is 5.24. The summed E-state index contributed by atoms with van der Waals surface area (Å²) in [6.45, 7) is 10.8. The van der Waals surface area contributed by atoms with Gasteiger partial charge in [-0.15, -0.1) is 0 Å². The average molecular weight is 367 g/mol. The molecule has 1 aliphatic heterocycles. The Hall–Kier alpha value is -1.40. The Bertz CT molecular complexity index is 712. The molecule has 1 heterocycles. The Morgan fingerprint density at radius 3 is 2.12 bits per heavy atom. The van der Waals surface area contributed by atoms with Gasteiger partial charge in [-0.1, -0.05) is 12.5 Å². The summed E-state index contributed by atoms with van der Waals surface area (Å²) in [5.74, 6) is -0.125. The van der Waals surface area contributed by atoms with Crippen LogP contribution in [-0.2, 0) is 10.0 Å². The van der Waals surface area contributed by atoms with E-state index in [1.807, 2.05) is 27.7 Å². The molecule has 0 spiro atoms. The van der Waals surface area contributed by atoms with E-state index in [1.54, 1.807) is 34.3 Å². The van der Waals surface area contributed by atoms with Crippen LogP contribution < -0.4 is 0 Å². The van der Waals surface area contributed by atoms with Crippen molar-refractivity contribution in [1.29, 1.82) is 0 Å². The lowest BCUT2D eigenvalue weighted by atomic mass is 10.1. The van der Waals surface area contributed by atoms with Gasteiger partial charge in [0.15, 0.2) is 0 Å². The maximum absolute atomic E-state index is 13.0. The lowest BCUT2D eigenvalue weighted by Gasteiger charge is -2.31. The highest BCUT2D eigenvalue weighted by molar-refractivity contribution is 7.89. The van der Waals surface area contributed by atoms with Gasteiger partial charge in [0.05, 0.1) is 4.90 Å². The maximum atomic E-state index is 13.0. The van der Waals surface area contributed by atoms with Crippen LogP contribution in [0.1, 0.15) is 62.9 Å². The summed E-state index contributed by atoms with van der Waals surface area (Å²) in [6, 6.07) is 5.12. The predicted molar refractivity (Wildman–Crippen MR) is 100 cm³/mol. The first-order valence-corrected chi connectivity index (χ1v) is 10.5. The minimum atomic E-state index is -3.55. The van der Waals surface area contributed by atoms with Gasteiger partial charge < -0.3 is 4.90 Å². The average Bonchev–Trinajstić information content (AvgIpc) is 2.55. The molecule has 5 nitrogen and oxygen atoms in total. The van der Waals surface area contributed by atoms with Crippen molar-refractivity contribution in [1.82, 2.24) is 9.21 Å². The number of piperidine rings is 1. The van der Waals surface area contributed by atoms with Gasteiger partial charge in [0.1, 0.15) is 0 Å². The number of nitrogens with zero attached hydrogens (tertiary/aromatic N) is 2. The van der Waals surface area contributed by atoms with Crippen molar-refractivity contribution in [2.24, 2.45) is 0 Å². The molecule has 1 aromatic rings. The van der Waals surface area contributed by atoms with Crippen molar-refractivity contribution in [3.8, 4) is 0 Å². The third-order valence-electron chi connectivity index (χ3n) is 4.72. The molecule has 140 valence electrons. The van der Waals surface area contributed by atoms with Gasteiger partial charge in [0.2, 0.25) is 10.0 Å². The van der Waals surface area contributed by atoms with Gasteiger partial charge in [-0.2, -0.15) is 4.31 Å². The van der Waals surface area contributed by atoms with Crippen molar-refractivity contribution in [3.05, 3.63) is 29.3 Å². The van der Waals surface area contributed by atoms with Crippen LogP contribution in [0.3, 0.4) is 0 Å². The fourth-order valence-electron chi connectivity index (χ4n) is 3.47. The number of carbonyl (C=O) groups excluding carboxylic acids is 1. The molecular weight excluding hydrogens is 336 g/mol. The molecule has 1 aromatic carbocycles. The van der Waals surface area contributed by atoms with Crippen molar-refractivity contribution in [2.75, 3.05) is 13.1 Å². The zero-order valence-corrected chi connectivity index (χ0v) is 16.8. The van der Waals surface area contributed by atoms with E-state index in [9.17, 15) is 13.2 Å². The lowest BCUT2D eigenvalue weighted by molar-refractivity contribution is 0.0643. The summed E-state index contributed by atoms with van der Waals surface area (Å²) in [5, 5.41) is 0. The minimum Gasteiger partial charge on any atom is -0.334 e. The summed E-state index contributed by atoms with van der Waals surface area (Å²) >= 11 is 0. The molecule has 2 rings (SSSR count). The number of hydrogen-bond acceptors (Lipinski definition) is 3. The highest BCUT2D eigenvalue weighted by atomic mass is 32.2. The van der Waals surface area contributed by atoms with Gasteiger partial charge in [0.25, 0.3) is 5.91 Å². The number of amides is 1. The van der Waals surface area contributed by atoms with E-state index in [0.717, 1.165) is 19.3 Å². The topological polar surface area (TPSA) is 57.7 Å². The number of rotatable bonds is 5. The summed E-state index contributed by atoms with van der Waals surface area (Å²) in [6.07, 6.45) is 2.86. The molecular formula is C19H30N2O3S. The minimum absolute atomic E-state index is 0.0518. The summed E-state index contributed by atoms with van der Waals surface area (Å²) in [7, 11) is -3.55. The maximum Gasteiger partial charge on any atom is 0.254 e. The van der Waals surface area contributed by atoms with Crippen molar-refractivity contribution in [2.45, 2.75) is 70.9 Å². The summed E-state index contributed by atoms with van der Waals surface area (Å²) < 4.78 is 27.6. The van der Waals surface area contributed by atoms with Crippen LogP contribution in [0.4, 0.5) is 0 Å². The van der Waals surface area contributed by atoms with Crippen LogP contribution >= 0.6 is 0 Å². The van der Waals surface area contributed by atoms with Gasteiger partial charge in [-0.3, -0.25) is 4.79 Å². The Morgan fingerprint density at radius 1 is 1.04 bits per heavy atom. The number of aryl methyl sites for hydroxylation is 1. The Labute approximate surface area is 152 Å². The molecule has 25 heavy (non-hydrogen) atoms. The fraction of sp³-hybridized carbons (Fsp3) is 0.632. The van der Waals surface area contributed by atoms with E-state index in [2.05, 4.69) is 0 Å². The molecule has 6 heteroatoms. The van der Waals surface area contributed by atoms with Gasteiger partial charge in [0, 0.05) is 30.7 Å². The Kier molecular flexibility index (Phi) is 6.27. The quantitative estimate of drug-likeness (QED) is 0.802. The van der Waals surface area contributed by atoms with Crippen molar-refractivity contribution >= 4 is 15.9 Å². The van der Waals surface area contributed by atoms with E-state index in [4.69, 9.17) is 0 Å². The first kappa shape index (κ1) is 19.9. The van der Waals surface area contributed by atoms with Crippen LogP contribution in [-0.4, -0.2) is 48.7 Å². The highest BCUT2D eigenvalue weighted by Gasteiger charge is 2.29. The zero-order chi connectivity index (χ0) is 18.8. The van der Waals surface area contributed by atoms with Crippen LogP contribution in [0, 0.1) is 6.92 Å². The molecule has 0 atom stereocenters. The summed E-state index contributed by atoms with van der Waals surface area (Å²) in [4.78, 5) is 14.9. The van der Waals surface area contributed by atoms with Gasteiger partial charge >= 0.3 is 0 Å². The van der Waals surface area contributed by atoms with Gasteiger partial charge in [-0.05, 0) is 65.2 Å². The smallest absolute Gasteiger partial charge is 0.254 e. The third kappa shape index (κ3) is 4.23. The number of hydrogen-bond donors (Lipinski definition) is 0. The Balaban J connectivity index is 2.42. The molecule has 1 aliphatic rings. The molecule has 0 saturated carbocycles. The molecule has 0 radical (unpaired) electrons. The molecule has 0 unspecified atom stereocenters. The molecule has 1 fully saturated rings. The zero-order valence-electron chi connectivity index (χ0n) is 15.9. The Morgan fingerprint density at radius 2 is 1.60 bits per heavy atom. The van der Waals surface area contributed by atoms with Crippen molar-refractivity contribution < 1.29 is 13.2 Å². The molecule has 0 N–H and O–H groups in total. The molecule has 1 saturated heterocycles. The third-order valence-corrected chi connectivity index (χ3v) is 6.76. The first-order valence-electron chi connectivity index (χ1n) is 9.09. The molecule has 0 aromatic heterocycles. The number of sulfonamides is 1. The van der Waals surface area contributed by atoms with E-state index >= 15 is 0 Å². The SMILES string of the molecule is Cc1ccc(C(=O)N(C(C)C)C(C)C)cc1S(=O)(=O)N1CCCCC1. The monoisotopic (exact) mass is 366 g/mol. The largest absolute Gasteiger partial charge is 0.334 e. The molecule has 0 bridgehead atoms. The van der Waals surface area contributed by atoms with E-state index < -0.39 is 10.0 Å². The standard InChI is InChI=1S/C19H30N2O3S/c1-14(2)21(15(3)4)19(22)17-10-9-16(5)18(13-17)25(23,24)20-11-7-6-8-12-20/h9-10,13-15H,6-8,11-12H2,1-5H3. The second-order valence-corrected chi connectivity index (χ2v) is 9.25. The molecule has 1 amide bonds. The second kappa shape index (κ2) is 7.87. The van der Waals surface area contributed by atoms with Gasteiger partial charge in [-0.25, -0.2) is 8.42 Å². The van der Waals surface area contributed by atoms with Crippen LogP contribution in [0.25, 0.3) is 0 Å². The number of carbonyl (C=O) groups is 1. The second-order valence-electron chi connectivity index (χ2n) is 7.34. The summed E-state index contributed by atoms with van der Waals surface area (Å²) in [5.41, 5.74) is 1.12. The predicted octanol–water partition coefficient (Wildman–Crippen LogP) is 3.43. The van der Waals surface area contributed by atoms with E-state index in [0.29, 0.717) is 24.2 Å². The van der Waals surface area contributed by atoms with E-state index in [-0.39, 0.29) is 22.9 Å². The van der Waals surface area contributed by atoms with Crippen LogP contribution in [0.15, 0.2) is 23.1 Å². The molecule has 0 aliphatic carbocycles. The lowest BCUT2D eigenvalue weighted by Crippen LogP contribution is -2.42.